The molecule has 0 unspecified atom stereocenters. The van der Waals surface area contributed by atoms with Gasteiger partial charge in [0.2, 0.25) is 0 Å². The van der Waals surface area contributed by atoms with Crippen LogP contribution in [0.25, 0.3) is 0 Å². The van der Waals surface area contributed by atoms with E-state index in [0.29, 0.717) is 17.9 Å². The molecule has 0 spiro atoms. The number of benzene rings is 2. The van der Waals surface area contributed by atoms with Crippen LogP contribution < -0.4 is 16.4 Å². The molecule has 0 saturated heterocycles. The zero-order valence-corrected chi connectivity index (χ0v) is 22.2. The van der Waals surface area contributed by atoms with Crippen molar-refractivity contribution in [1.29, 1.82) is 0 Å². The van der Waals surface area contributed by atoms with Crippen molar-refractivity contribution in [3.63, 3.8) is 0 Å². The summed E-state index contributed by atoms with van der Waals surface area (Å²) in [6.07, 6.45) is 6.86. The van der Waals surface area contributed by atoms with Crippen LogP contribution in [0.4, 0.5) is 0 Å². The molecular formula is C29H48ClN3. The number of halogens is 1. The third-order valence-corrected chi connectivity index (χ3v) is 6.38. The molecule has 0 atom stereocenters. The van der Waals surface area contributed by atoms with E-state index in [-0.39, 0.29) is 12.4 Å². The molecule has 0 aliphatic carbocycles. The summed E-state index contributed by atoms with van der Waals surface area (Å²) in [6, 6.07) is 19.0. The second kappa shape index (κ2) is 17.1. The maximum atomic E-state index is 5.57. The summed E-state index contributed by atoms with van der Waals surface area (Å²) in [5.74, 6) is 1.19. The lowest BCUT2D eigenvalue weighted by atomic mass is 9.96. The number of nitrogens with one attached hydrogen (secondary N) is 2. The molecule has 0 amide bonds. The van der Waals surface area contributed by atoms with Crippen molar-refractivity contribution in [3.8, 4) is 0 Å². The Morgan fingerprint density at radius 1 is 0.667 bits per heavy atom. The number of aryl methyl sites for hydroxylation is 2. The Kier molecular flexibility index (Phi) is 15.4. The van der Waals surface area contributed by atoms with Crippen LogP contribution in [0.2, 0.25) is 0 Å². The van der Waals surface area contributed by atoms with Crippen LogP contribution in [0.5, 0.6) is 0 Å². The van der Waals surface area contributed by atoms with E-state index in [4.69, 9.17) is 5.73 Å². The molecule has 0 radical (unpaired) electrons. The lowest BCUT2D eigenvalue weighted by Crippen LogP contribution is -2.32. The van der Waals surface area contributed by atoms with E-state index in [9.17, 15) is 0 Å². The molecule has 0 heterocycles. The van der Waals surface area contributed by atoms with Gasteiger partial charge >= 0.3 is 0 Å². The quantitative estimate of drug-likeness (QED) is 0.254. The Labute approximate surface area is 209 Å². The minimum atomic E-state index is 0. The van der Waals surface area contributed by atoms with Gasteiger partial charge in [-0.25, -0.2) is 0 Å². The van der Waals surface area contributed by atoms with Crippen LogP contribution in [0.3, 0.4) is 0 Å². The van der Waals surface area contributed by atoms with Crippen molar-refractivity contribution >= 4 is 12.4 Å². The monoisotopic (exact) mass is 473 g/mol. The van der Waals surface area contributed by atoms with E-state index in [1.54, 1.807) is 0 Å². The summed E-state index contributed by atoms with van der Waals surface area (Å²) in [6.45, 7) is 13.0. The van der Waals surface area contributed by atoms with Crippen molar-refractivity contribution in [1.82, 2.24) is 10.6 Å². The third-order valence-electron chi connectivity index (χ3n) is 6.38. The molecule has 4 N–H and O–H groups in total. The molecule has 0 aliphatic heterocycles. The van der Waals surface area contributed by atoms with Gasteiger partial charge in [0.25, 0.3) is 0 Å². The number of hydrogen-bond donors (Lipinski definition) is 3. The molecule has 33 heavy (non-hydrogen) atoms. The Hall–Kier alpha value is -1.39. The van der Waals surface area contributed by atoms with Crippen LogP contribution in [-0.2, 0) is 12.8 Å². The first-order valence-electron chi connectivity index (χ1n) is 12.8. The fraction of sp³-hybridized carbons (Fsp3) is 0.586. The highest BCUT2D eigenvalue weighted by molar-refractivity contribution is 5.85. The van der Waals surface area contributed by atoms with Gasteiger partial charge < -0.3 is 16.4 Å². The summed E-state index contributed by atoms with van der Waals surface area (Å²) >= 11 is 0. The van der Waals surface area contributed by atoms with Crippen LogP contribution in [-0.4, -0.2) is 32.2 Å². The first-order valence-corrected chi connectivity index (χ1v) is 12.8. The Morgan fingerprint density at radius 3 is 1.55 bits per heavy atom. The highest BCUT2D eigenvalue weighted by atomic mass is 35.5. The van der Waals surface area contributed by atoms with Crippen LogP contribution >= 0.6 is 12.4 Å². The smallest absolute Gasteiger partial charge is 0.00734 e. The van der Waals surface area contributed by atoms with Gasteiger partial charge in [0.1, 0.15) is 0 Å². The number of hydrogen-bond acceptors (Lipinski definition) is 3. The summed E-state index contributed by atoms with van der Waals surface area (Å²) in [4.78, 5) is 0. The Morgan fingerprint density at radius 2 is 1.12 bits per heavy atom. The van der Waals surface area contributed by atoms with Gasteiger partial charge in [-0.1, -0.05) is 76.2 Å². The number of rotatable bonds is 16. The molecule has 0 saturated carbocycles. The fourth-order valence-corrected chi connectivity index (χ4v) is 4.04. The lowest BCUT2D eigenvalue weighted by molar-refractivity contribution is 0.444. The average Bonchev–Trinajstić information content (AvgIpc) is 2.80. The van der Waals surface area contributed by atoms with Crippen molar-refractivity contribution in [3.05, 3.63) is 70.8 Å². The highest BCUT2D eigenvalue weighted by Gasteiger charge is 2.10. The Bertz CT molecular complexity index is 670. The number of nitrogens with two attached hydrogens (primary N) is 1. The second-order valence-corrected chi connectivity index (χ2v) is 9.77. The van der Waals surface area contributed by atoms with E-state index in [2.05, 4.69) is 86.9 Å². The molecule has 2 aromatic rings. The zero-order chi connectivity index (χ0) is 23.2. The molecule has 186 valence electrons. The van der Waals surface area contributed by atoms with E-state index < -0.39 is 0 Å². The zero-order valence-electron chi connectivity index (χ0n) is 21.4. The van der Waals surface area contributed by atoms with Gasteiger partial charge in [-0.3, -0.25) is 0 Å². The largest absolute Gasteiger partial charge is 0.330 e. The van der Waals surface area contributed by atoms with Crippen LogP contribution in [0.15, 0.2) is 48.5 Å². The standard InChI is InChI=1S/C29H47N3.ClH/c1-23(2)27-13-7-25(8-14-27)11-17-29(32-22-6-21-31-20-5-19-30)18-12-26-9-15-28(16-10-26)24(3)4;/h7-10,13-16,23-24,29,31-32H,5-6,11-12,17-22,30H2,1-4H3;1H. The first-order chi connectivity index (χ1) is 15.5. The molecule has 0 aromatic heterocycles. The van der Waals surface area contributed by atoms with Gasteiger partial charge in [-0.2, -0.15) is 0 Å². The third kappa shape index (κ3) is 12.0. The molecule has 3 nitrogen and oxygen atoms in total. The molecule has 2 aromatic carbocycles. The van der Waals surface area contributed by atoms with Gasteiger partial charge in [0.15, 0.2) is 0 Å². The van der Waals surface area contributed by atoms with E-state index >= 15 is 0 Å². The Balaban J connectivity index is 0.00000544. The normalized spacial score (nSPS) is 11.4. The fourth-order valence-electron chi connectivity index (χ4n) is 4.04. The topological polar surface area (TPSA) is 50.1 Å². The van der Waals surface area contributed by atoms with Crippen molar-refractivity contribution in [2.75, 3.05) is 26.2 Å². The SMILES string of the molecule is CC(C)c1ccc(CCC(CCc2ccc(C(C)C)cc2)NCCCNCCCN)cc1.Cl. The maximum Gasteiger partial charge on any atom is 0.00734 e. The predicted molar refractivity (Wildman–Crippen MR) is 148 cm³/mol. The van der Waals surface area contributed by atoms with Crippen LogP contribution in [0.1, 0.15) is 87.5 Å². The lowest BCUT2D eigenvalue weighted by Gasteiger charge is -2.20. The average molecular weight is 474 g/mol. The first kappa shape index (κ1) is 29.6. The molecule has 0 bridgehead atoms. The second-order valence-electron chi connectivity index (χ2n) is 9.77. The maximum absolute atomic E-state index is 5.57. The van der Waals surface area contributed by atoms with Crippen LogP contribution in [0, 0.1) is 0 Å². The van der Waals surface area contributed by atoms with Gasteiger partial charge in [-0.05, 0) is 98.8 Å². The minimum Gasteiger partial charge on any atom is -0.330 e. The summed E-state index contributed by atoms with van der Waals surface area (Å²) < 4.78 is 0. The molecule has 4 heteroatoms. The summed E-state index contributed by atoms with van der Waals surface area (Å²) in [5.41, 5.74) is 11.3. The predicted octanol–water partition coefficient (Wildman–Crippen LogP) is 6.21. The van der Waals surface area contributed by atoms with Crippen molar-refractivity contribution in [2.45, 2.75) is 84.1 Å². The van der Waals surface area contributed by atoms with Crippen molar-refractivity contribution in [2.24, 2.45) is 5.73 Å². The van der Waals surface area contributed by atoms with Gasteiger partial charge in [-0.15, -0.1) is 12.4 Å². The molecule has 2 rings (SSSR count). The molecular weight excluding hydrogens is 426 g/mol. The molecule has 0 aliphatic rings. The van der Waals surface area contributed by atoms with E-state index in [1.165, 1.54) is 35.1 Å². The van der Waals surface area contributed by atoms with Gasteiger partial charge in [0, 0.05) is 6.04 Å². The van der Waals surface area contributed by atoms with Gasteiger partial charge in [0.05, 0.1) is 0 Å². The summed E-state index contributed by atoms with van der Waals surface area (Å²) in [5, 5.41) is 7.33. The highest BCUT2D eigenvalue weighted by Crippen LogP contribution is 2.18. The van der Waals surface area contributed by atoms with E-state index in [0.717, 1.165) is 51.9 Å². The minimum absolute atomic E-state index is 0. The van der Waals surface area contributed by atoms with E-state index in [1.807, 2.05) is 0 Å². The van der Waals surface area contributed by atoms with Crippen molar-refractivity contribution < 1.29 is 0 Å². The summed E-state index contributed by atoms with van der Waals surface area (Å²) in [7, 11) is 0. The molecule has 0 fully saturated rings.